The molecule has 0 saturated carbocycles. The van der Waals surface area contributed by atoms with Crippen LogP contribution in [0.15, 0.2) is 29.3 Å². The smallest absolute Gasteiger partial charge is 0.408 e. The van der Waals surface area contributed by atoms with Crippen LogP contribution in [-0.4, -0.2) is 41.7 Å². The van der Waals surface area contributed by atoms with E-state index in [0.29, 0.717) is 31.9 Å². The number of nitrogens with zero attached hydrogens (tertiary/aromatic N) is 2. The van der Waals surface area contributed by atoms with Gasteiger partial charge in [-0.25, -0.2) is 4.79 Å². The van der Waals surface area contributed by atoms with Crippen LogP contribution < -0.4 is 16.0 Å². The van der Waals surface area contributed by atoms with Crippen molar-refractivity contribution < 1.29 is 14.5 Å². The van der Waals surface area contributed by atoms with E-state index in [0.717, 1.165) is 5.56 Å². The van der Waals surface area contributed by atoms with E-state index in [9.17, 15) is 14.9 Å². The molecule has 1 rings (SSSR count). The first-order chi connectivity index (χ1) is 13.5. The van der Waals surface area contributed by atoms with E-state index in [1.807, 2.05) is 34.6 Å². The number of nitrogens with one attached hydrogen (secondary N) is 3. The Morgan fingerprint density at radius 3 is 2.38 bits per heavy atom. The SMILES string of the molecule is CCC(CC)(CNC(=NC)NCc1cccc([N+](=O)[O-])c1)NC(=O)OC(C)(C)C. The molecule has 0 fully saturated rings. The minimum absolute atomic E-state index is 0.0461. The highest BCUT2D eigenvalue weighted by Crippen LogP contribution is 2.16. The predicted octanol–water partition coefficient (Wildman–Crippen LogP) is 3.34. The van der Waals surface area contributed by atoms with Crippen LogP contribution in [0.3, 0.4) is 0 Å². The number of guanidine groups is 1. The van der Waals surface area contributed by atoms with Gasteiger partial charge in [-0.2, -0.15) is 0 Å². The minimum Gasteiger partial charge on any atom is -0.444 e. The molecule has 0 heterocycles. The summed E-state index contributed by atoms with van der Waals surface area (Å²) < 4.78 is 5.39. The quantitative estimate of drug-likeness (QED) is 0.263. The fourth-order valence-electron chi connectivity index (χ4n) is 2.68. The first-order valence-electron chi connectivity index (χ1n) is 9.73. The van der Waals surface area contributed by atoms with Crippen molar-refractivity contribution in [2.24, 2.45) is 4.99 Å². The summed E-state index contributed by atoms with van der Waals surface area (Å²) in [6.07, 6.45) is 0.956. The molecule has 0 radical (unpaired) electrons. The van der Waals surface area contributed by atoms with Gasteiger partial charge in [0.1, 0.15) is 5.60 Å². The summed E-state index contributed by atoms with van der Waals surface area (Å²) in [5.41, 5.74) is -0.248. The van der Waals surface area contributed by atoms with Gasteiger partial charge in [-0.3, -0.25) is 15.1 Å². The van der Waals surface area contributed by atoms with Crippen molar-refractivity contribution in [3.8, 4) is 0 Å². The van der Waals surface area contributed by atoms with E-state index in [1.54, 1.807) is 19.2 Å². The van der Waals surface area contributed by atoms with Gasteiger partial charge >= 0.3 is 6.09 Å². The number of ether oxygens (including phenoxy) is 1. The number of carbonyl (C=O) groups is 1. The van der Waals surface area contributed by atoms with Gasteiger partial charge in [0.2, 0.25) is 0 Å². The van der Waals surface area contributed by atoms with Crippen molar-refractivity contribution in [3.63, 3.8) is 0 Å². The van der Waals surface area contributed by atoms with Gasteiger partial charge in [0.15, 0.2) is 5.96 Å². The topological polar surface area (TPSA) is 118 Å². The van der Waals surface area contributed by atoms with Crippen LogP contribution in [0, 0.1) is 10.1 Å². The number of rotatable bonds is 8. The summed E-state index contributed by atoms with van der Waals surface area (Å²) in [5.74, 6) is 0.536. The van der Waals surface area contributed by atoms with Crippen molar-refractivity contribution in [1.82, 2.24) is 16.0 Å². The molecule has 0 bridgehead atoms. The number of alkyl carbamates (subject to hydrolysis) is 1. The second-order valence-electron chi connectivity index (χ2n) is 7.82. The molecule has 29 heavy (non-hydrogen) atoms. The molecule has 1 amide bonds. The Labute approximate surface area is 172 Å². The van der Waals surface area contributed by atoms with Crippen molar-refractivity contribution in [2.45, 2.75) is 65.1 Å². The molecule has 3 N–H and O–H groups in total. The molecular weight excluding hydrogens is 374 g/mol. The second-order valence-corrected chi connectivity index (χ2v) is 7.82. The van der Waals surface area contributed by atoms with E-state index in [1.165, 1.54) is 12.1 Å². The zero-order valence-corrected chi connectivity index (χ0v) is 18.2. The molecule has 162 valence electrons. The maximum Gasteiger partial charge on any atom is 0.408 e. The minimum atomic E-state index is -0.569. The second kappa shape index (κ2) is 10.6. The molecule has 0 atom stereocenters. The third kappa shape index (κ3) is 8.37. The molecular formula is C20H33N5O4. The molecule has 0 spiro atoms. The maximum atomic E-state index is 12.2. The Morgan fingerprint density at radius 1 is 1.21 bits per heavy atom. The van der Waals surface area contributed by atoms with E-state index in [2.05, 4.69) is 20.9 Å². The number of nitro benzene ring substituents is 1. The summed E-state index contributed by atoms with van der Waals surface area (Å²) in [6.45, 7) is 10.3. The first kappa shape index (κ1) is 24.2. The van der Waals surface area contributed by atoms with Crippen LogP contribution in [0.1, 0.15) is 53.0 Å². The van der Waals surface area contributed by atoms with Gasteiger partial charge in [-0.1, -0.05) is 26.0 Å². The number of nitro groups is 1. The fraction of sp³-hybridized carbons (Fsp3) is 0.600. The van der Waals surface area contributed by atoms with Crippen molar-refractivity contribution in [1.29, 1.82) is 0 Å². The fourth-order valence-corrected chi connectivity index (χ4v) is 2.68. The summed E-state index contributed by atoms with van der Waals surface area (Å²) in [4.78, 5) is 26.9. The molecule has 9 nitrogen and oxygen atoms in total. The Bertz CT molecular complexity index is 724. The normalized spacial score (nSPS) is 12.3. The van der Waals surface area contributed by atoms with Gasteiger partial charge in [0, 0.05) is 32.3 Å². The van der Waals surface area contributed by atoms with Crippen LogP contribution in [-0.2, 0) is 11.3 Å². The molecule has 0 aliphatic rings. The standard InChI is InChI=1S/C20H33N5O4/c1-7-20(8-2,24-18(26)29-19(3,4)5)14-23-17(21-6)22-13-15-10-9-11-16(12-15)25(27)28/h9-12H,7-8,13-14H2,1-6H3,(H,24,26)(H2,21,22,23). The molecule has 0 saturated heterocycles. The highest BCUT2D eigenvalue weighted by molar-refractivity contribution is 5.80. The van der Waals surface area contributed by atoms with Gasteiger partial charge in [-0.15, -0.1) is 0 Å². The molecule has 0 aliphatic carbocycles. The number of aliphatic imine (C=N–C) groups is 1. The number of benzene rings is 1. The van der Waals surface area contributed by atoms with Crippen molar-refractivity contribution in [2.75, 3.05) is 13.6 Å². The number of amides is 1. The van der Waals surface area contributed by atoms with Crippen LogP contribution in [0.5, 0.6) is 0 Å². The third-order valence-corrected chi connectivity index (χ3v) is 4.52. The zero-order valence-electron chi connectivity index (χ0n) is 18.2. The van der Waals surface area contributed by atoms with Crippen LogP contribution in [0.4, 0.5) is 10.5 Å². The highest BCUT2D eigenvalue weighted by atomic mass is 16.6. The third-order valence-electron chi connectivity index (χ3n) is 4.52. The van der Waals surface area contributed by atoms with Crippen LogP contribution in [0.2, 0.25) is 0 Å². The zero-order chi connectivity index (χ0) is 22.1. The lowest BCUT2D eigenvalue weighted by molar-refractivity contribution is -0.384. The average molecular weight is 408 g/mol. The average Bonchev–Trinajstić information content (AvgIpc) is 2.65. The molecule has 0 aromatic heterocycles. The van der Waals surface area contributed by atoms with Gasteiger partial charge in [0.05, 0.1) is 10.5 Å². The number of hydrogen-bond acceptors (Lipinski definition) is 5. The lowest BCUT2D eigenvalue weighted by atomic mass is 9.93. The van der Waals surface area contributed by atoms with Crippen molar-refractivity contribution in [3.05, 3.63) is 39.9 Å². The van der Waals surface area contributed by atoms with E-state index >= 15 is 0 Å². The van der Waals surface area contributed by atoms with Gasteiger partial charge < -0.3 is 20.7 Å². The Kier molecular flexibility index (Phi) is 8.87. The number of carbonyl (C=O) groups excluding carboxylic acids is 1. The maximum absolute atomic E-state index is 12.2. The molecule has 0 aliphatic heterocycles. The monoisotopic (exact) mass is 407 g/mol. The van der Waals surface area contributed by atoms with Gasteiger partial charge in [-0.05, 0) is 39.2 Å². The lowest BCUT2D eigenvalue weighted by Crippen LogP contribution is -2.57. The molecule has 9 heteroatoms. The number of hydrogen-bond donors (Lipinski definition) is 3. The Balaban J connectivity index is 2.71. The Morgan fingerprint density at radius 2 is 1.86 bits per heavy atom. The van der Waals surface area contributed by atoms with E-state index in [4.69, 9.17) is 4.74 Å². The summed E-state index contributed by atoms with van der Waals surface area (Å²) >= 11 is 0. The number of non-ortho nitro benzene ring substituents is 1. The highest BCUT2D eigenvalue weighted by Gasteiger charge is 2.30. The van der Waals surface area contributed by atoms with E-state index in [-0.39, 0.29) is 5.69 Å². The summed E-state index contributed by atoms with van der Waals surface area (Å²) in [5, 5.41) is 20.2. The Hall–Kier alpha value is -2.84. The van der Waals surface area contributed by atoms with Crippen LogP contribution in [0.25, 0.3) is 0 Å². The van der Waals surface area contributed by atoms with E-state index < -0.39 is 22.2 Å². The predicted molar refractivity (Wildman–Crippen MR) is 114 cm³/mol. The molecule has 1 aromatic rings. The molecule has 0 unspecified atom stereocenters. The lowest BCUT2D eigenvalue weighted by Gasteiger charge is -2.34. The summed E-state index contributed by atoms with van der Waals surface area (Å²) in [6, 6.07) is 6.43. The summed E-state index contributed by atoms with van der Waals surface area (Å²) in [7, 11) is 1.64. The van der Waals surface area contributed by atoms with Crippen molar-refractivity contribution >= 4 is 17.7 Å². The first-order valence-corrected chi connectivity index (χ1v) is 9.73. The van der Waals surface area contributed by atoms with Crippen LogP contribution >= 0.6 is 0 Å². The largest absolute Gasteiger partial charge is 0.444 e. The molecule has 1 aromatic carbocycles. The van der Waals surface area contributed by atoms with Gasteiger partial charge in [0.25, 0.3) is 5.69 Å².